The predicted octanol–water partition coefficient (Wildman–Crippen LogP) is 4.13. The zero-order chi connectivity index (χ0) is 15.2. The summed E-state index contributed by atoms with van der Waals surface area (Å²) >= 11 is 1.80. The molecule has 1 aromatic heterocycles. The fourth-order valence-corrected chi connectivity index (χ4v) is 3.28. The molecule has 0 radical (unpaired) electrons. The molecule has 112 valence electrons. The zero-order valence-electron chi connectivity index (χ0n) is 13.0. The lowest BCUT2D eigenvalue weighted by Crippen LogP contribution is -2.36. The average Bonchev–Trinajstić information content (AvgIpc) is 3.00. The lowest BCUT2D eigenvalue weighted by atomic mass is 9.98. The molecule has 0 spiro atoms. The van der Waals surface area contributed by atoms with Crippen LogP contribution in [0, 0.1) is 5.92 Å². The van der Waals surface area contributed by atoms with Crippen molar-refractivity contribution in [2.75, 3.05) is 13.6 Å². The van der Waals surface area contributed by atoms with Crippen molar-refractivity contribution in [2.45, 2.75) is 26.3 Å². The molecule has 3 heteroatoms. The fourth-order valence-electron chi connectivity index (χ4n) is 2.46. The number of likely N-dealkylation sites (N-methyl/N-ethyl adjacent to an activating group) is 1. The van der Waals surface area contributed by atoms with Gasteiger partial charge in [-0.05, 0) is 31.8 Å². The number of thiophene rings is 1. The first kappa shape index (κ1) is 15.9. The Morgan fingerprint density at radius 1 is 1.14 bits per heavy atom. The summed E-state index contributed by atoms with van der Waals surface area (Å²) in [7, 11) is 2.10. The molecule has 0 aliphatic rings. The van der Waals surface area contributed by atoms with E-state index in [0.717, 1.165) is 18.5 Å². The lowest BCUT2D eigenvalue weighted by Gasteiger charge is -2.27. The second-order valence-electron chi connectivity index (χ2n) is 5.70. The number of benzene rings is 1. The summed E-state index contributed by atoms with van der Waals surface area (Å²) in [6.07, 6.45) is 1.04. The van der Waals surface area contributed by atoms with Crippen LogP contribution in [0.2, 0.25) is 0 Å². The smallest absolute Gasteiger partial charge is 0.166 e. The Morgan fingerprint density at radius 3 is 2.48 bits per heavy atom. The summed E-state index contributed by atoms with van der Waals surface area (Å²) in [5, 5.41) is 2.11. The first-order chi connectivity index (χ1) is 10.1. The monoisotopic (exact) mass is 301 g/mol. The number of nitrogens with zero attached hydrogens (tertiary/aromatic N) is 1. The van der Waals surface area contributed by atoms with Crippen LogP contribution in [0.15, 0.2) is 47.8 Å². The third-order valence-corrected chi connectivity index (χ3v) is 4.80. The predicted molar refractivity (Wildman–Crippen MR) is 90.1 cm³/mol. The van der Waals surface area contributed by atoms with E-state index in [2.05, 4.69) is 36.4 Å². The second-order valence-corrected chi connectivity index (χ2v) is 6.74. The summed E-state index contributed by atoms with van der Waals surface area (Å²) in [5.41, 5.74) is 0.810. The molecule has 2 unspecified atom stereocenters. The van der Waals surface area contributed by atoms with E-state index in [0.29, 0.717) is 6.04 Å². The molecule has 0 saturated carbocycles. The molecule has 1 aromatic carbocycles. The van der Waals surface area contributed by atoms with Gasteiger partial charge in [0, 0.05) is 28.9 Å². The average molecular weight is 301 g/mol. The van der Waals surface area contributed by atoms with Gasteiger partial charge in [-0.1, -0.05) is 43.3 Å². The third kappa shape index (κ3) is 4.51. The minimum atomic E-state index is 0.0168. The Labute approximate surface area is 131 Å². The van der Waals surface area contributed by atoms with Crippen LogP contribution in [-0.4, -0.2) is 30.3 Å². The Balaban J connectivity index is 1.89. The summed E-state index contributed by atoms with van der Waals surface area (Å²) < 4.78 is 0. The molecule has 0 N–H and O–H groups in total. The van der Waals surface area contributed by atoms with Crippen molar-refractivity contribution in [3.05, 3.63) is 58.3 Å². The molecule has 21 heavy (non-hydrogen) atoms. The molecular formula is C18H23NOS. The summed E-state index contributed by atoms with van der Waals surface area (Å²) in [5.74, 6) is 0.244. The van der Waals surface area contributed by atoms with Gasteiger partial charge in [0.25, 0.3) is 0 Å². The number of carbonyl (C=O) groups excluding carboxylic acids is 1. The second kappa shape index (κ2) is 7.53. The first-order valence-electron chi connectivity index (χ1n) is 7.40. The Kier molecular flexibility index (Phi) is 5.71. The van der Waals surface area contributed by atoms with Crippen molar-refractivity contribution in [3.63, 3.8) is 0 Å². The van der Waals surface area contributed by atoms with E-state index in [4.69, 9.17) is 0 Å². The van der Waals surface area contributed by atoms with Crippen molar-refractivity contribution >= 4 is 17.1 Å². The van der Waals surface area contributed by atoms with Gasteiger partial charge in [0.1, 0.15) is 0 Å². The molecule has 2 rings (SSSR count). The third-order valence-electron chi connectivity index (χ3n) is 3.90. The van der Waals surface area contributed by atoms with Gasteiger partial charge in [0.15, 0.2) is 5.78 Å². The topological polar surface area (TPSA) is 20.3 Å². The van der Waals surface area contributed by atoms with Crippen LogP contribution < -0.4 is 0 Å². The minimum absolute atomic E-state index is 0.0168. The number of carbonyl (C=O) groups is 1. The number of hydrogen-bond acceptors (Lipinski definition) is 3. The number of hydrogen-bond donors (Lipinski definition) is 0. The molecule has 0 bridgehead atoms. The van der Waals surface area contributed by atoms with Crippen molar-refractivity contribution in [1.82, 2.24) is 4.90 Å². The van der Waals surface area contributed by atoms with Crippen LogP contribution in [0.4, 0.5) is 0 Å². The molecule has 1 heterocycles. The lowest BCUT2D eigenvalue weighted by molar-refractivity contribution is 0.0890. The van der Waals surface area contributed by atoms with Crippen LogP contribution in [0.1, 0.15) is 29.1 Å². The van der Waals surface area contributed by atoms with E-state index in [-0.39, 0.29) is 11.7 Å². The van der Waals surface area contributed by atoms with E-state index in [1.165, 1.54) is 4.88 Å². The highest BCUT2D eigenvalue weighted by atomic mass is 32.1. The quantitative estimate of drug-likeness (QED) is 0.717. The molecule has 0 amide bonds. The Morgan fingerprint density at radius 2 is 1.86 bits per heavy atom. The van der Waals surface area contributed by atoms with Crippen LogP contribution >= 0.6 is 11.3 Å². The van der Waals surface area contributed by atoms with Gasteiger partial charge in [-0.15, -0.1) is 11.3 Å². The van der Waals surface area contributed by atoms with Gasteiger partial charge < -0.3 is 4.90 Å². The van der Waals surface area contributed by atoms with Crippen LogP contribution in [-0.2, 0) is 6.42 Å². The Hall–Kier alpha value is -1.45. The normalized spacial score (nSPS) is 14.1. The molecule has 2 aromatic rings. The summed E-state index contributed by atoms with van der Waals surface area (Å²) in [4.78, 5) is 16.1. The number of Topliss-reactive ketones (excluding diaryl/α,β-unsaturated/α-hetero) is 1. The van der Waals surface area contributed by atoms with E-state index in [1.54, 1.807) is 11.3 Å². The summed E-state index contributed by atoms with van der Waals surface area (Å²) in [6.45, 7) is 5.03. The van der Waals surface area contributed by atoms with E-state index < -0.39 is 0 Å². The van der Waals surface area contributed by atoms with Crippen molar-refractivity contribution in [3.8, 4) is 0 Å². The standard InChI is InChI=1S/C18H23NOS/c1-14(18(20)16-8-5-4-6-9-16)13-19(3)15(2)12-17-10-7-11-21-17/h4-11,14-15H,12-13H2,1-3H3. The fraction of sp³-hybridized carbons (Fsp3) is 0.389. The maximum absolute atomic E-state index is 12.4. The molecule has 2 atom stereocenters. The minimum Gasteiger partial charge on any atom is -0.303 e. The van der Waals surface area contributed by atoms with Crippen molar-refractivity contribution < 1.29 is 4.79 Å². The SMILES string of the molecule is CC(CN(C)C(C)Cc1cccs1)C(=O)c1ccccc1. The Bertz CT molecular complexity index is 550. The number of rotatable bonds is 7. The molecule has 0 fully saturated rings. The molecule has 0 aliphatic carbocycles. The zero-order valence-corrected chi connectivity index (χ0v) is 13.8. The van der Waals surface area contributed by atoms with Crippen LogP contribution in [0.25, 0.3) is 0 Å². The molecular weight excluding hydrogens is 278 g/mol. The largest absolute Gasteiger partial charge is 0.303 e. The van der Waals surface area contributed by atoms with Gasteiger partial charge in [0.2, 0.25) is 0 Å². The first-order valence-corrected chi connectivity index (χ1v) is 8.27. The van der Waals surface area contributed by atoms with Crippen LogP contribution in [0.5, 0.6) is 0 Å². The number of ketones is 1. The van der Waals surface area contributed by atoms with E-state index >= 15 is 0 Å². The molecule has 2 nitrogen and oxygen atoms in total. The van der Waals surface area contributed by atoms with Crippen molar-refractivity contribution in [1.29, 1.82) is 0 Å². The van der Waals surface area contributed by atoms with E-state index in [9.17, 15) is 4.79 Å². The highest BCUT2D eigenvalue weighted by molar-refractivity contribution is 7.09. The van der Waals surface area contributed by atoms with Crippen molar-refractivity contribution in [2.24, 2.45) is 5.92 Å². The molecule has 0 aliphatic heterocycles. The molecule has 0 saturated heterocycles. The van der Waals surface area contributed by atoms with Gasteiger partial charge in [0.05, 0.1) is 0 Å². The highest BCUT2D eigenvalue weighted by Gasteiger charge is 2.19. The maximum Gasteiger partial charge on any atom is 0.166 e. The summed E-state index contributed by atoms with van der Waals surface area (Å²) in [6, 6.07) is 14.3. The maximum atomic E-state index is 12.4. The van der Waals surface area contributed by atoms with Crippen LogP contribution in [0.3, 0.4) is 0 Å². The van der Waals surface area contributed by atoms with Gasteiger partial charge in [-0.25, -0.2) is 0 Å². The van der Waals surface area contributed by atoms with Gasteiger partial charge in [-0.3, -0.25) is 4.79 Å². The van der Waals surface area contributed by atoms with Gasteiger partial charge >= 0.3 is 0 Å². The highest BCUT2D eigenvalue weighted by Crippen LogP contribution is 2.16. The van der Waals surface area contributed by atoms with E-state index in [1.807, 2.05) is 37.3 Å². The van der Waals surface area contributed by atoms with Gasteiger partial charge in [-0.2, -0.15) is 0 Å².